The van der Waals surface area contributed by atoms with Crippen LogP contribution in [0, 0.1) is 0 Å². The Bertz CT molecular complexity index is 340. The van der Waals surface area contributed by atoms with E-state index in [2.05, 4.69) is 4.52 Å². The summed E-state index contributed by atoms with van der Waals surface area (Å²) in [6.07, 6.45) is 0. The van der Waals surface area contributed by atoms with Gasteiger partial charge in [-0.05, 0) is 0 Å². The van der Waals surface area contributed by atoms with Crippen LogP contribution in [0.4, 0.5) is 0 Å². The number of phenols is 3. The Kier molecular flexibility index (Phi) is 3.28. The van der Waals surface area contributed by atoms with Crippen molar-refractivity contribution in [3.05, 3.63) is 17.7 Å². The number of carbonyl (C=O) groups excluding carboxylic acids is 1. The first kappa shape index (κ1) is 10.8. The van der Waals surface area contributed by atoms with Crippen LogP contribution in [0.1, 0.15) is 10.4 Å². The normalized spacial score (nSPS) is 10.1. The monoisotopic (exact) mass is 216 g/mol. The molecule has 0 saturated heterocycles. The molecule has 0 saturated carbocycles. The molecule has 0 heterocycles. The van der Waals surface area contributed by atoms with Crippen LogP contribution in [0.3, 0.4) is 0 Å². The van der Waals surface area contributed by atoms with Gasteiger partial charge < -0.3 is 19.8 Å². The first-order valence-electron chi connectivity index (χ1n) is 3.66. The Hall–Kier alpha value is -1.32. The van der Waals surface area contributed by atoms with Crippen LogP contribution < -0.4 is 0 Å². The molecule has 14 heavy (non-hydrogen) atoms. The lowest BCUT2D eigenvalue weighted by molar-refractivity contribution is 0.0929. The molecule has 0 fully saturated rings. The second kappa shape index (κ2) is 4.26. The summed E-state index contributed by atoms with van der Waals surface area (Å²) in [7, 11) is 1.88. The molecule has 1 aromatic rings. The van der Waals surface area contributed by atoms with Gasteiger partial charge in [-0.3, -0.25) is 4.79 Å². The van der Waals surface area contributed by atoms with Gasteiger partial charge in [0.25, 0.3) is 0 Å². The highest BCUT2D eigenvalue weighted by Crippen LogP contribution is 2.32. The van der Waals surface area contributed by atoms with E-state index < -0.39 is 17.3 Å². The van der Waals surface area contributed by atoms with Crippen LogP contribution in [0.15, 0.2) is 12.1 Å². The van der Waals surface area contributed by atoms with E-state index in [1.807, 2.05) is 9.47 Å². The highest BCUT2D eigenvalue weighted by atomic mass is 31.0. The van der Waals surface area contributed by atoms with Gasteiger partial charge in [0.15, 0.2) is 5.78 Å². The lowest BCUT2D eigenvalue weighted by Gasteiger charge is -2.05. The molecule has 76 valence electrons. The second-order valence-electron chi connectivity index (χ2n) is 2.59. The number of carbonyl (C=O) groups is 1. The van der Waals surface area contributed by atoms with E-state index in [1.165, 1.54) is 0 Å². The van der Waals surface area contributed by atoms with Crippen molar-refractivity contribution in [3.63, 3.8) is 0 Å². The maximum absolute atomic E-state index is 11.3. The Morgan fingerprint density at radius 1 is 1.29 bits per heavy atom. The molecule has 0 bridgehead atoms. The topological polar surface area (TPSA) is 87.0 Å². The number of aromatic hydroxyl groups is 3. The van der Waals surface area contributed by atoms with Crippen molar-refractivity contribution in [1.29, 1.82) is 0 Å². The number of Topliss-reactive ketones (excluding diaryl/α,β-unsaturated/α-hetero) is 1. The summed E-state index contributed by atoms with van der Waals surface area (Å²) in [6.45, 7) is -0.281. The number of hydrogen-bond donors (Lipinski definition) is 3. The summed E-state index contributed by atoms with van der Waals surface area (Å²) in [5.41, 5.74) is -0.259. The van der Waals surface area contributed by atoms with Gasteiger partial charge in [-0.25, -0.2) is 0 Å². The molecular formula is C8H9O5P. The van der Waals surface area contributed by atoms with Crippen molar-refractivity contribution in [2.75, 3.05) is 6.61 Å². The minimum atomic E-state index is -0.574. The third kappa shape index (κ3) is 2.13. The third-order valence-electron chi connectivity index (χ3n) is 1.57. The van der Waals surface area contributed by atoms with E-state index in [0.717, 1.165) is 12.1 Å². The van der Waals surface area contributed by atoms with Crippen molar-refractivity contribution in [1.82, 2.24) is 0 Å². The van der Waals surface area contributed by atoms with Crippen molar-refractivity contribution in [2.45, 2.75) is 0 Å². The van der Waals surface area contributed by atoms with Gasteiger partial charge in [-0.15, -0.1) is 0 Å². The highest BCUT2D eigenvalue weighted by Gasteiger charge is 2.17. The number of phenolic OH excluding ortho intramolecular Hbond substituents is 3. The molecule has 1 aromatic carbocycles. The van der Waals surface area contributed by atoms with Crippen molar-refractivity contribution >= 4 is 15.2 Å². The molecule has 0 amide bonds. The summed E-state index contributed by atoms with van der Waals surface area (Å²) in [5, 5.41) is 27.5. The maximum atomic E-state index is 11.3. The Balaban J connectivity index is 3.14. The van der Waals surface area contributed by atoms with E-state index in [4.69, 9.17) is 5.11 Å². The third-order valence-corrected chi connectivity index (χ3v) is 1.74. The molecule has 0 aliphatic rings. The standard InChI is InChI=1S/C8H9O5P/c9-4-1-5(10)8(6(11)2-4)7(12)3-13-14/h1-2,9-11H,3,14H2. The van der Waals surface area contributed by atoms with E-state index in [1.54, 1.807) is 0 Å². The van der Waals surface area contributed by atoms with E-state index in [-0.39, 0.29) is 17.9 Å². The van der Waals surface area contributed by atoms with Crippen LogP contribution in [-0.4, -0.2) is 27.7 Å². The minimum Gasteiger partial charge on any atom is -0.508 e. The van der Waals surface area contributed by atoms with E-state index >= 15 is 0 Å². The van der Waals surface area contributed by atoms with Gasteiger partial charge in [0.05, 0.1) is 0 Å². The zero-order chi connectivity index (χ0) is 10.7. The summed E-state index contributed by atoms with van der Waals surface area (Å²) in [4.78, 5) is 11.3. The molecule has 1 unspecified atom stereocenters. The smallest absolute Gasteiger partial charge is 0.196 e. The van der Waals surface area contributed by atoms with Gasteiger partial charge in [0.2, 0.25) is 0 Å². The first-order valence-corrected chi connectivity index (χ1v) is 4.13. The summed E-state index contributed by atoms with van der Waals surface area (Å²) < 4.78 is 4.48. The zero-order valence-electron chi connectivity index (χ0n) is 7.10. The number of benzene rings is 1. The summed E-state index contributed by atoms with van der Waals surface area (Å²) >= 11 is 0. The molecular weight excluding hydrogens is 207 g/mol. The number of hydrogen-bond acceptors (Lipinski definition) is 5. The fourth-order valence-electron chi connectivity index (χ4n) is 1.03. The molecule has 1 atom stereocenters. The summed E-state index contributed by atoms with van der Waals surface area (Å²) in [5.74, 6) is -1.84. The zero-order valence-corrected chi connectivity index (χ0v) is 8.25. The molecule has 0 aliphatic carbocycles. The average molecular weight is 216 g/mol. The maximum Gasteiger partial charge on any atom is 0.196 e. The van der Waals surface area contributed by atoms with Crippen LogP contribution in [0.5, 0.6) is 17.2 Å². The lowest BCUT2D eigenvalue weighted by atomic mass is 10.1. The molecule has 1 rings (SSSR count). The van der Waals surface area contributed by atoms with Crippen molar-refractivity contribution in [2.24, 2.45) is 0 Å². The molecule has 0 radical (unpaired) electrons. The molecule has 0 aromatic heterocycles. The SMILES string of the molecule is O=C(COP)c1c(O)cc(O)cc1O. The van der Waals surface area contributed by atoms with Crippen LogP contribution >= 0.6 is 9.47 Å². The minimum absolute atomic E-state index is 0.259. The summed E-state index contributed by atoms with van der Waals surface area (Å²) in [6, 6.07) is 1.94. The van der Waals surface area contributed by atoms with Gasteiger partial charge in [0.1, 0.15) is 29.4 Å². The highest BCUT2D eigenvalue weighted by molar-refractivity contribution is 7.09. The predicted octanol–water partition coefficient (Wildman–Crippen LogP) is 0.793. The second-order valence-corrected chi connectivity index (χ2v) is 2.93. The Morgan fingerprint density at radius 2 is 1.79 bits per heavy atom. The van der Waals surface area contributed by atoms with Crippen LogP contribution in [0.25, 0.3) is 0 Å². The van der Waals surface area contributed by atoms with Crippen LogP contribution in [0.2, 0.25) is 0 Å². The largest absolute Gasteiger partial charge is 0.508 e. The van der Waals surface area contributed by atoms with Gasteiger partial charge in [-0.1, -0.05) is 0 Å². The van der Waals surface area contributed by atoms with Gasteiger partial charge in [0, 0.05) is 21.6 Å². The predicted molar refractivity (Wildman–Crippen MR) is 51.4 cm³/mol. The molecule has 6 heteroatoms. The Morgan fingerprint density at radius 3 is 2.21 bits per heavy atom. The quantitative estimate of drug-likeness (QED) is 0.513. The van der Waals surface area contributed by atoms with Crippen LogP contribution in [-0.2, 0) is 4.52 Å². The average Bonchev–Trinajstić information content (AvgIpc) is 2.01. The van der Waals surface area contributed by atoms with Gasteiger partial charge in [-0.2, -0.15) is 0 Å². The van der Waals surface area contributed by atoms with E-state index in [0.29, 0.717) is 0 Å². The first-order chi connectivity index (χ1) is 6.56. The van der Waals surface area contributed by atoms with Crippen molar-refractivity contribution in [3.8, 4) is 17.2 Å². The fourth-order valence-corrected chi connectivity index (χ4v) is 1.18. The molecule has 3 N–H and O–H groups in total. The number of rotatable bonds is 3. The molecule has 0 spiro atoms. The number of ketones is 1. The Labute approximate surface area is 82.2 Å². The molecule has 0 aliphatic heterocycles. The van der Waals surface area contributed by atoms with Gasteiger partial charge >= 0.3 is 0 Å². The van der Waals surface area contributed by atoms with E-state index in [9.17, 15) is 15.0 Å². The molecule has 5 nitrogen and oxygen atoms in total. The lowest BCUT2D eigenvalue weighted by Crippen LogP contribution is -2.05. The van der Waals surface area contributed by atoms with Crippen molar-refractivity contribution < 1.29 is 24.6 Å². The fraction of sp³-hybridized carbons (Fsp3) is 0.125.